The monoisotopic (exact) mass is 333 g/mol. The number of halogens is 1. The van der Waals surface area contributed by atoms with E-state index in [9.17, 15) is 0 Å². The Labute approximate surface area is 105 Å². The quantitative estimate of drug-likeness (QED) is 0.876. The van der Waals surface area contributed by atoms with Crippen molar-refractivity contribution in [1.82, 2.24) is 9.59 Å². The first-order chi connectivity index (χ1) is 7.25. The van der Waals surface area contributed by atoms with Gasteiger partial charge in [0.2, 0.25) is 0 Å². The van der Waals surface area contributed by atoms with Crippen molar-refractivity contribution >= 4 is 39.1 Å². The summed E-state index contributed by atoms with van der Waals surface area (Å²) in [5.41, 5.74) is 6.34. The fraction of sp³-hybridized carbons (Fsp3) is 0.111. The molecule has 0 bridgehead atoms. The van der Waals surface area contributed by atoms with Gasteiger partial charge in [-0.05, 0) is 40.8 Å². The minimum atomic E-state index is 0.364. The molecule has 1 aromatic carbocycles. The van der Waals surface area contributed by atoms with Crippen molar-refractivity contribution in [3.63, 3.8) is 0 Å². The summed E-state index contributed by atoms with van der Waals surface area (Å²) in [5, 5.41) is 4.48. The largest absolute Gasteiger partial charge is 0.487 e. The van der Waals surface area contributed by atoms with Crippen LogP contribution in [-0.2, 0) is 6.61 Å². The molecule has 15 heavy (non-hydrogen) atoms. The van der Waals surface area contributed by atoms with E-state index in [0.717, 1.165) is 9.32 Å². The van der Waals surface area contributed by atoms with E-state index in [1.807, 2.05) is 24.3 Å². The molecule has 0 unspecified atom stereocenters. The summed E-state index contributed by atoms with van der Waals surface area (Å²) >= 11 is 3.41. The van der Waals surface area contributed by atoms with E-state index in [2.05, 4.69) is 32.2 Å². The number of nitrogens with zero attached hydrogens (tertiary/aromatic N) is 2. The number of aromatic nitrogens is 2. The summed E-state index contributed by atoms with van der Waals surface area (Å²) in [7, 11) is 0. The van der Waals surface area contributed by atoms with E-state index in [1.165, 1.54) is 11.5 Å². The molecule has 78 valence electrons. The summed E-state index contributed by atoms with van der Waals surface area (Å²) in [5.74, 6) is 0.814. The van der Waals surface area contributed by atoms with Crippen LogP contribution in [0.4, 0.5) is 5.00 Å². The van der Waals surface area contributed by atoms with Crippen LogP contribution >= 0.6 is 34.1 Å². The van der Waals surface area contributed by atoms with Crippen LogP contribution in [-0.4, -0.2) is 9.59 Å². The smallest absolute Gasteiger partial charge is 0.136 e. The van der Waals surface area contributed by atoms with Gasteiger partial charge in [0.25, 0.3) is 0 Å². The minimum Gasteiger partial charge on any atom is -0.487 e. The van der Waals surface area contributed by atoms with Crippen molar-refractivity contribution < 1.29 is 4.74 Å². The van der Waals surface area contributed by atoms with Crippen LogP contribution in [0.5, 0.6) is 5.75 Å². The van der Waals surface area contributed by atoms with E-state index < -0.39 is 0 Å². The minimum absolute atomic E-state index is 0.364. The molecular weight excluding hydrogens is 325 g/mol. The molecule has 0 radical (unpaired) electrons. The third-order valence-corrected chi connectivity index (χ3v) is 3.02. The van der Waals surface area contributed by atoms with Gasteiger partial charge in [-0.1, -0.05) is 10.6 Å². The second-order valence-corrected chi connectivity index (χ2v) is 4.86. The Morgan fingerprint density at radius 3 is 3.00 bits per heavy atom. The highest BCUT2D eigenvalue weighted by Gasteiger charge is 2.04. The Balaban J connectivity index is 2.02. The fourth-order valence-electron chi connectivity index (χ4n) is 1.02. The van der Waals surface area contributed by atoms with E-state index in [4.69, 9.17) is 10.5 Å². The second kappa shape index (κ2) is 4.75. The maximum Gasteiger partial charge on any atom is 0.136 e. The molecule has 0 aliphatic heterocycles. The Bertz CT molecular complexity index is 460. The molecular formula is C9H8IN3OS. The van der Waals surface area contributed by atoms with Crippen molar-refractivity contribution in [1.29, 1.82) is 0 Å². The lowest BCUT2D eigenvalue weighted by atomic mass is 10.3. The Hall–Kier alpha value is -0.890. The van der Waals surface area contributed by atoms with Gasteiger partial charge in [0.15, 0.2) is 0 Å². The van der Waals surface area contributed by atoms with Crippen LogP contribution in [0.2, 0.25) is 0 Å². The summed E-state index contributed by atoms with van der Waals surface area (Å²) in [6, 6.07) is 7.81. The number of ether oxygens (including phenoxy) is 1. The molecule has 2 aromatic rings. The summed E-state index contributed by atoms with van der Waals surface area (Å²) < 4.78 is 10.4. The number of anilines is 1. The molecule has 0 saturated heterocycles. The summed E-state index contributed by atoms with van der Waals surface area (Å²) in [4.78, 5) is 0. The Morgan fingerprint density at radius 2 is 2.33 bits per heavy atom. The fourth-order valence-corrected chi connectivity index (χ4v) is 1.97. The molecule has 0 spiro atoms. The normalized spacial score (nSPS) is 10.2. The van der Waals surface area contributed by atoms with Gasteiger partial charge in [-0.15, -0.1) is 5.10 Å². The van der Waals surface area contributed by atoms with Crippen LogP contribution < -0.4 is 10.5 Å². The molecule has 0 atom stereocenters. The molecule has 2 rings (SSSR count). The lowest BCUT2D eigenvalue weighted by Gasteiger charge is -2.04. The molecule has 1 aromatic heterocycles. The highest BCUT2D eigenvalue weighted by molar-refractivity contribution is 14.1. The molecule has 2 N–H and O–H groups in total. The zero-order valence-electron chi connectivity index (χ0n) is 7.68. The maximum absolute atomic E-state index is 5.65. The van der Waals surface area contributed by atoms with Gasteiger partial charge in [-0.2, -0.15) is 0 Å². The topological polar surface area (TPSA) is 61.0 Å². The van der Waals surface area contributed by atoms with Crippen molar-refractivity contribution in [3.8, 4) is 5.75 Å². The lowest BCUT2D eigenvalue weighted by Crippen LogP contribution is -1.99. The average Bonchev–Trinajstić information content (AvgIpc) is 2.61. The number of nitrogen functional groups attached to an aromatic ring is 1. The number of rotatable bonds is 3. The van der Waals surface area contributed by atoms with Gasteiger partial charge in [0.1, 0.15) is 23.1 Å². The second-order valence-electron chi connectivity index (χ2n) is 2.83. The molecule has 4 nitrogen and oxygen atoms in total. The van der Waals surface area contributed by atoms with Crippen molar-refractivity contribution in [2.45, 2.75) is 6.61 Å². The summed E-state index contributed by atoms with van der Waals surface area (Å²) in [6.45, 7) is 0.364. The van der Waals surface area contributed by atoms with Crippen LogP contribution in [0.3, 0.4) is 0 Å². The Morgan fingerprint density at radius 1 is 1.47 bits per heavy atom. The highest BCUT2D eigenvalue weighted by atomic mass is 127. The number of nitrogens with two attached hydrogens (primary N) is 1. The predicted molar refractivity (Wildman–Crippen MR) is 67.8 cm³/mol. The van der Waals surface area contributed by atoms with Gasteiger partial charge in [0, 0.05) is 15.1 Å². The SMILES string of the molecule is Nc1snnc1COc1cccc(I)c1. The molecule has 0 amide bonds. The van der Waals surface area contributed by atoms with Crippen LogP contribution in [0, 0.1) is 3.57 Å². The molecule has 0 saturated carbocycles. The van der Waals surface area contributed by atoms with Crippen molar-refractivity contribution in [3.05, 3.63) is 33.5 Å². The number of benzene rings is 1. The van der Waals surface area contributed by atoms with Gasteiger partial charge in [-0.3, -0.25) is 0 Å². The first kappa shape index (κ1) is 10.6. The van der Waals surface area contributed by atoms with E-state index >= 15 is 0 Å². The zero-order valence-corrected chi connectivity index (χ0v) is 10.7. The summed E-state index contributed by atoms with van der Waals surface area (Å²) in [6.07, 6.45) is 0. The van der Waals surface area contributed by atoms with Crippen molar-refractivity contribution in [2.75, 3.05) is 5.73 Å². The van der Waals surface area contributed by atoms with Crippen LogP contribution in [0.25, 0.3) is 0 Å². The van der Waals surface area contributed by atoms with E-state index in [1.54, 1.807) is 0 Å². The van der Waals surface area contributed by atoms with E-state index in [0.29, 0.717) is 17.3 Å². The van der Waals surface area contributed by atoms with Gasteiger partial charge < -0.3 is 10.5 Å². The van der Waals surface area contributed by atoms with Crippen LogP contribution in [0.15, 0.2) is 24.3 Å². The van der Waals surface area contributed by atoms with Gasteiger partial charge in [0.05, 0.1) is 0 Å². The Kier molecular flexibility index (Phi) is 3.37. The van der Waals surface area contributed by atoms with Gasteiger partial charge >= 0.3 is 0 Å². The first-order valence-corrected chi connectivity index (χ1v) is 6.06. The molecule has 0 fully saturated rings. The van der Waals surface area contributed by atoms with Crippen LogP contribution in [0.1, 0.15) is 5.69 Å². The molecule has 0 aliphatic carbocycles. The number of hydrogen-bond donors (Lipinski definition) is 1. The third-order valence-electron chi connectivity index (χ3n) is 1.76. The highest BCUT2D eigenvalue weighted by Crippen LogP contribution is 2.18. The van der Waals surface area contributed by atoms with Gasteiger partial charge in [-0.25, -0.2) is 0 Å². The first-order valence-electron chi connectivity index (χ1n) is 4.21. The maximum atomic E-state index is 5.65. The number of hydrogen-bond acceptors (Lipinski definition) is 5. The molecule has 0 aliphatic rings. The van der Waals surface area contributed by atoms with E-state index in [-0.39, 0.29) is 0 Å². The lowest BCUT2D eigenvalue weighted by molar-refractivity contribution is 0.301. The zero-order chi connectivity index (χ0) is 10.7. The molecule has 1 heterocycles. The standard InChI is InChI=1S/C9H8IN3OS/c10-6-2-1-3-7(4-6)14-5-8-9(11)15-13-12-8/h1-4H,5,11H2. The molecule has 6 heteroatoms. The predicted octanol–water partition coefficient (Wildman–Crippen LogP) is 2.30. The third kappa shape index (κ3) is 2.78. The van der Waals surface area contributed by atoms with Crippen molar-refractivity contribution in [2.24, 2.45) is 0 Å². The average molecular weight is 333 g/mol.